The van der Waals surface area contributed by atoms with Crippen molar-refractivity contribution in [3.8, 4) is 5.75 Å². The van der Waals surface area contributed by atoms with Gasteiger partial charge in [-0.2, -0.15) is 0 Å². The van der Waals surface area contributed by atoms with Gasteiger partial charge in [-0.05, 0) is 40.8 Å². The lowest BCUT2D eigenvalue weighted by Crippen LogP contribution is -2.37. The summed E-state index contributed by atoms with van der Waals surface area (Å²) < 4.78 is 24.1. The third-order valence-electron chi connectivity index (χ3n) is 6.77. The van der Waals surface area contributed by atoms with Crippen LogP contribution in [0.3, 0.4) is 0 Å². The standard InChI is InChI=1S/C34H38O6/c1-37-32-19-17-27(18-20-32)24-38-22-21-33(39-25-31(36)23-35)26-40-34(28-11-5-2-6-12-28,29-13-7-3-8-14-29)30-15-9-4-10-16-30/h2-20,31,33,35-36H,21-26H2,1H3. The van der Waals surface area contributed by atoms with Crippen molar-refractivity contribution in [1.82, 2.24) is 0 Å². The molecule has 40 heavy (non-hydrogen) atoms. The maximum Gasteiger partial charge on any atom is 0.143 e. The van der Waals surface area contributed by atoms with Crippen molar-refractivity contribution in [2.45, 2.75) is 30.8 Å². The smallest absolute Gasteiger partial charge is 0.143 e. The molecule has 0 saturated carbocycles. The molecule has 4 aromatic rings. The lowest BCUT2D eigenvalue weighted by atomic mass is 9.80. The van der Waals surface area contributed by atoms with Gasteiger partial charge in [0.15, 0.2) is 0 Å². The molecule has 0 radical (unpaired) electrons. The highest BCUT2D eigenvalue weighted by atomic mass is 16.6. The number of ether oxygens (including phenoxy) is 4. The molecule has 6 heteroatoms. The van der Waals surface area contributed by atoms with E-state index in [1.54, 1.807) is 7.11 Å². The third kappa shape index (κ3) is 7.78. The van der Waals surface area contributed by atoms with Crippen LogP contribution >= 0.6 is 0 Å². The minimum Gasteiger partial charge on any atom is -0.497 e. The van der Waals surface area contributed by atoms with Gasteiger partial charge in [-0.25, -0.2) is 0 Å². The second-order valence-electron chi connectivity index (χ2n) is 9.57. The maximum atomic E-state index is 9.97. The van der Waals surface area contributed by atoms with Gasteiger partial charge in [0.2, 0.25) is 0 Å². The molecule has 2 atom stereocenters. The van der Waals surface area contributed by atoms with Gasteiger partial charge in [-0.3, -0.25) is 0 Å². The van der Waals surface area contributed by atoms with Crippen molar-refractivity contribution in [2.75, 3.05) is 33.5 Å². The van der Waals surface area contributed by atoms with Crippen LogP contribution in [0, 0.1) is 0 Å². The zero-order valence-corrected chi connectivity index (χ0v) is 22.9. The summed E-state index contributed by atoms with van der Waals surface area (Å²) in [5.74, 6) is 0.801. The van der Waals surface area contributed by atoms with Crippen LogP contribution < -0.4 is 4.74 Å². The van der Waals surface area contributed by atoms with Crippen molar-refractivity contribution in [3.63, 3.8) is 0 Å². The Morgan fingerprint density at radius 2 is 1.23 bits per heavy atom. The first-order chi connectivity index (χ1) is 19.7. The summed E-state index contributed by atoms with van der Waals surface area (Å²) in [6.07, 6.45) is -0.805. The lowest BCUT2D eigenvalue weighted by molar-refractivity contribution is -0.0951. The van der Waals surface area contributed by atoms with Gasteiger partial charge in [0.05, 0.1) is 39.6 Å². The first kappa shape index (κ1) is 29.5. The molecule has 0 aliphatic heterocycles. The molecule has 0 fully saturated rings. The van der Waals surface area contributed by atoms with E-state index in [1.165, 1.54) is 0 Å². The Bertz CT molecular complexity index is 1140. The van der Waals surface area contributed by atoms with E-state index < -0.39 is 11.7 Å². The van der Waals surface area contributed by atoms with Crippen LogP contribution in [0.15, 0.2) is 115 Å². The fraction of sp³-hybridized carbons (Fsp3) is 0.294. The highest BCUT2D eigenvalue weighted by Gasteiger charge is 2.38. The maximum absolute atomic E-state index is 9.97. The molecule has 0 aliphatic rings. The van der Waals surface area contributed by atoms with E-state index in [1.807, 2.05) is 78.9 Å². The zero-order valence-electron chi connectivity index (χ0n) is 22.9. The predicted molar refractivity (Wildman–Crippen MR) is 155 cm³/mol. The molecule has 4 rings (SSSR count). The first-order valence-electron chi connectivity index (χ1n) is 13.6. The molecular formula is C34H38O6. The van der Waals surface area contributed by atoms with Gasteiger partial charge in [0.1, 0.15) is 17.5 Å². The van der Waals surface area contributed by atoms with Crippen LogP contribution in [-0.4, -0.2) is 56.0 Å². The highest BCUT2D eigenvalue weighted by molar-refractivity contribution is 5.47. The summed E-state index contributed by atoms with van der Waals surface area (Å²) in [7, 11) is 1.64. The molecule has 0 bridgehead atoms. The first-order valence-corrected chi connectivity index (χ1v) is 13.6. The molecule has 0 aliphatic carbocycles. The molecule has 6 nitrogen and oxygen atoms in total. The van der Waals surface area contributed by atoms with Crippen molar-refractivity contribution in [3.05, 3.63) is 138 Å². The van der Waals surface area contributed by atoms with Gasteiger partial charge in [0, 0.05) is 6.61 Å². The van der Waals surface area contributed by atoms with Crippen LogP contribution in [0.2, 0.25) is 0 Å². The fourth-order valence-corrected chi connectivity index (χ4v) is 4.63. The number of methoxy groups -OCH3 is 1. The van der Waals surface area contributed by atoms with E-state index in [9.17, 15) is 10.2 Å². The number of hydrogen-bond donors (Lipinski definition) is 2. The topological polar surface area (TPSA) is 77.4 Å². The number of aliphatic hydroxyl groups excluding tert-OH is 2. The largest absolute Gasteiger partial charge is 0.497 e. The molecule has 0 saturated heterocycles. The minimum absolute atomic E-state index is 0.00197. The molecule has 4 aromatic carbocycles. The fourth-order valence-electron chi connectivity index (χ4n) is 4.63. The minimum atomic E-state index is -0.968. The Kier molecular flexibility index (Phi) is 11.3. The second-order valence-corrected chi connectivity index (χ2v) is 9.57. The van der Waals surface area contributed by atoms with Crippen molar-refractivity contribution in [1.29, 1.82) is 0 Å². The normalized spacial score (nSPS) is 13.1. The van der Waals surface area contributed by atoms with E-state index in [0.29, 0.717) is 19.6 Å². The Balaban J connectivity index is 1.54. The van der Waals surface area contributed by atoms with Crippen LogP contribution in [0.4, 0.5) is 0 Å². The number of rotatable bonds is 16. The number of aliphatic hydroxyl groups is 2. The number of benzene rings is 4. The Morgan fingerprint density at radius 1 is 0.700 bits per heavy atom. The highest BCUT2D eigenvalue weighted by Crippen LogP contribution is 2.40. The van der Waals surface area contributed by atoms with E-state index >= 15 is 0 Å². The molecule has 2 N–H and O–H groups in total. The van der Waals surface area contributed by atoms with Crippen LogP contribution in [0.5, 0.6) is 5.75 Å². The number of hydrogen-bond acceptors (Lipinski definition) is 6. The van der Waals surface area contributed by atoms with Gasteiger partial charge in [-0.1, -0.05) is 103 Å². The van der Waals surface area contributed by atoms with Gasteiger partial charge in [0.25, 0.3) is 0 Å². The van der Waals surface area contributed by atoms with Crippen LogP contribution in [0.25, 0.3) is 0 Å². The molecule has 2 unspecified atom stereocenters. The summed E-state index contributed by atoms with van der Waals surface area (Å²) >= 11 is 0. The van der Waals surface area contributed by atoms with E-state index in [4.69, 9.17) is 18.9 Å². The van der Waals surface area contributed by atoms with E-state index in [-0.39, 0.29) is 25.9 Å². The van der Waals surface area contributed by atoms with E-state index in [2.05, 4.69) is 36.4 Å². The molecule has 0 heterocycles. The molecule has 210 valence electrons. The molecular weight excluding hydrogens is 504 g/mol. The van der Waals surface area contributed by atoms with Gasteiger partial charge >= 0.3 is 0 Å². The van der Waals surface area contributed by atoms with Crippen molar-refractivity contribution in [2.24, 2.45) is 0 Å². The Morgan fingerprint density at radius 3 is 1.70 bits per heavy atom. The average Bonchev–Trinajstić information content (AvgIpc) is 3.03. The summed E-state index contributed by atoms with van der Waals surface area (Å²) in [4.78, 5) is 0. The summed E-state index contributed by atoms with van der Waals surface area (Å²) in [6.45, 7) is 0.757. The summed E-state index contributed by atoms with van der Waals surface area (Å²) in [6, 6.07) is 38.2. The monoisotopic (exact) mass is 542 g/mol. The second kappa shape index (κ2) is 15.3. The molecule has 0 amide bonds. The zero-order chi connectivity index (χ0) is 28.0. The summed E-state index contributed by atoms with van der Waals surface area (Å²) in [5.41, 5.74) is 3.15. The molecule has 0 spiro atoms. The quantitative estimate of drug-likeness (QED) is 0.147. The average molecular weight is 543 g/mol. The van der Waals surface area contributed by atoms with Gasteiger partial charge in [-0.15, -0.1) is 0 Å². The molecule has 0 aromatic heterocycles. The Hall–Kier alpha value is -3.52. The summed E-state index contributed by atoms with van der Waals surface area (Å²) in [5, 5.41) is 19.3. The van der Waals surface area contributed by atoms with Crippen LogP contribution in [0.1, 0.15) is 28.7 Å². The Labute approximate surface area is 236 Å². The van der Waals surface area contributed by atoms with Gasteiger partial charge < -0.3 is 29.2 Å². The lowest BCUT2D eigenvalue weighted by Gasteiger charge is -2.37. The van der Waals surface area contributed by atoms with Crippen molar-refractivity contribution >= 4 is 0 Å². The predicted octanol–water partition coefficient (Wildman–Crippen LogP) is 5.35. The van der Waals surface area contributed by atoms with Crippen LogP contribution in [-0.2, 0) is 26.4 Å². The third-order valence-corrected chi connectivity index (χ3v) is 6.77. The van der Waals surface area contributed by atoms with E-state index in [0.717, 1.165) is 28.0 Å². The van der Waals surface area contributed by atoms with Crippen molar-refractivity contribution < 1.29 is 29.2 Å². The SMILES string of the molecule is COc1ccc(COCCC(COC(c2ccccc2)(c2ccccc2)c2ccccc2)OCC(O)CO)cc1.